The van der Waals surface area contributed by atoms with Gasteiger partial charge in [0, 0.05) is 13.0 Å². The molecule has 1 aromatic rings. The second kappa shape index (κ2) is 3.64. The third kappa shape index (κ3) is 1.47. The van der Waals surface area contributed by atoms with Crippen LogP contribution in [0.4, 0.5) is 5.69 Å². The number of nitrogens with zero attached hydrogens (tertiary/aromatic N) is 2. The van der Waals surface area contributed by atoms with Gasteiger partial charge in [0.2, 0.25) is 0 Å². The van der Waals surface area contributed by atoms with Crippen molar-refractivity contribution in [2.45, 2.75) is 25.8 Å². The van der Waals surface area contributed by atoms with Crippen molar-refractivity contribution in [1.29, 1.82) is 5.26 Å². The lowest BCUT2D eigenvalue weighted by Gasteiger charge is -2.32. The quantitative estimate of drug-likeness (QED) is 0.719. The molecule has 0 N–H and O–H groups in total. The van der Waals surface area contributed by atoms with Gasteiger partial charge in [0.05, 0.1) is 16.8 Å². The van der Waals surface area contributed by atoms with Crippen molar-refractivity contribution in [2.24, 2.45) is 0 Å². The third-order valence-corrected chi connectivity index (χ3v) is 3.23. The lowest BCUT2D eigenvalue weighted by atomic mass is 9.99. The van der Waals surface area contributed by atoms with Gasteiger partial charge in [-0.05, 0) is 26.0 Å². The molecule has 3 heteroatoms. The molecule has 0 aromatic heterocycles. The lowest BCUT2D eigenvalue weighted by molar-refractivity contribution is -0.120. The van der Waals surface area contributed by atoms with Crippen molar-refractivity contribution in [3.05, 3.63) is 29.8 Å². The molecule has 0 unspecified atom stereocenters. The molecule has 1 aliphatic rings. The largest absolute Gasteiger partial charge is 0.358 e. The van der Waals surface area contributed by atoms with Crippen molar-refractivity contribution in [1.82, 2.24) is 0 Å². The normalized spacial score (nSPS) is 18.6. The first-order chi connectivity index (χ1) is 7.57. The maximum Gasteiger partial charge on any atom is 0.159 e. The average Bonchev–Trinajstić information content (AvgIpc) is 2.54. The Morgan fingerprint density at radius 2 is 2.06 bits per heavy atom. The molecule has 2 rings (SSSR count). The molecule has 16 heavy (non-hydrogen) atoms. The Kier molecular flexibility index (Phi) is 2.43. The number of hydrogen-bond donors (Lipinski definition) is 0. The topological polar surface area (TPSA) is 44.1 Å². The van der Waals surface area contributed by atoms with Gasteiger partial charge in [-0.2, -0.15) is 5.26 Å². The van der Waals surface area contributed by atoms with Crippen molar-refractivity contribution in [3.63, 3.8) is 0 Å². The van der Waals surface area contributed by atoms with Crippen LogP contribution in [0.3, 0.4) is 0 Å². The first-order valence-corrected chi connectivity index (χ1v) is 5.37. The van der Waals surface area contributed by atoms with Gasteiger partial charge in [0.1, 0.15) is 6.07 Å². The van der Waals surface area contributed by atoms with Gasteiger partial charge >= 0.3 is 0 Å². The molecule has 1 saturated heterocycles. The van der Waals surface area contributed by atoms with Gasteiger partial charge in [-0.25, -0.2) is 0 Å². The van der Waals surface area contributed by atoms with Crippen LogP contribution in [0.15, 0.2) is 24.3 Å². The van der Waals surface area contributed by atoms with Crippen LogP contribution in [0.5, 0.6) is 0 Å². The number of anilines is 1. The van der Waals surface area contributed by atoms with E-state index in [0.29, 0.717) is 18.5 Å². The monoisotopic (exact) mass is 214 g/mol. The first kappa shape index (κ1) is 10.7. The molecule has 1 fully saturated rings. The highest BCUT2D eigenvalue weighted by Crippen LogP contribution is 2.32. The highest BCUT2D eigenvalue weighted by atomic mass is 16.1. The molecule has 0 aliphatic carbocycles. The Bertz CT molecular complexity index is 471. The van der Waals surface area contributed by atoms with E-state index in [2.05, 4.69) is 6.07 Å². The zero-order valence-electron chi connectivity index (χ0n) is 9.53. The number of nitriles is 1. The Hall–Kier alpha value is -1.82. The van der Waals surface area contributed by atoms with Gasteiger partial charge in [0.25, 0.3) is 0 Å². The Balaban J connectivity index is 2.47. The minimum atomic E-state index is -0.493. The summed E-state index contributed by atoms with van der Waals surface area (Å²) < 4.78 is 0. The fourth-order valence-corrected chi connectivity index (χ4v) is 2.17. The summed E-state index contributed by atoms with van der Waals surface area (Å²) >= 11 is 0. The summed E-state index contributed by atoms with van der Waals surface area (Å²) in [6.45, 7) is 4.53. The molecule has 3 nitrogen and oxygen atoms in total. The second-order valence-corrected chi connectivity index (χ2v) is 4.51. The van der Waals surface area contributed by atoms with Crippen molar-refractivity contribution in [2.75, 3.05) is 11.4 Å². The molecule has 1 heterocycles. The molecule has 1 aromatic carbocycles. The number of carbonyl (C=O) groups is 1. The van der Waals surface area contributed by atoms with Crippen molar-refractivity contribution >= 4 is 11.5 Å². The zero-order valence-corrected chi connectivity index (χ0v) is 9.53. The molecule has 0 saturated carbocycles. The van der Waals surface area contributed by atoms with E-state index < -0.39 is 5.54 Å². The number of ketones is 1. The molecule has 82 valence electrons. The van der Waals surface area contributed by atoms with Crippen LogP contribution in [0.1, 0.15) is 25.8 Å². The fraction of sp³-hybridized carbons (Fsp3) is 0.385. The Labute approximate surface area is 95.3 Å². The molecule has 0 atom stereocenters. The molecule has 0 amide bonds. The van der Waals surface area contributed by atoms with E-state index in [4.69, 9.17) is 5.26 Å². The number of hydrogen-bond acceptors (Lipinski definition) is 3. The molecule has 0 radical (unpaired) electrons. The SMILES string of the molecule is CC1(C)C(=O)CCN1c1ccccc1C#N. The van der Waals surface area contributed by atoms with Gasteiger partial charge in [-0.3, -0.25) is 4.79 Å². The highest BCUT2D eigenvalue weighted by molar-refractivity contribution is 5.95. The number of Topliss-reactive ketones (excluding diaryl/α,β-unsaturated/α-hetero) is 1. The highest BCUT2D eigenvalue weighted by Gasteiger charge is 2.40. The van der Waals surface area contributed by atoms with Crippen LogP contribution in [0.2, 0.25) is 0 Å². The molecule has 0 spiro atoms. The number of rotatable bonds is 1. The third-order valence-electron chi connectivity index (χ3n) is 3.23. The molecular weight excluding hydrogens is 200 g/mol. The van der Waals surface area contributed by atoms with E-state index >= 15 is 0 Å². The summed E-state index contributed by atoms with van der Waals surface area (Å²) in [4.78, 5) is 13.8. The van der Waals surface area contributed by atoms with Gasteiger partial charge in [0.15, 0.2) is 5.78 Å². The maximum absolute atomic E-state index is 11.8. The van der Waals surface area contributed by atoms with E-state index in [-0.39, 0.29) is 5.78 Å². The minimum absolute atomic E-state index is 0.236. The summed E-state index contributed by atoms with van der Waals surface area (Å²) in [5.74, 6) is 0.236. The van der Waals surface area contributed by atoms with E-state index in [1.54, 1.807) is 6.07 Å². The predicted octanol–water partition coefficient (Wildman–Crippen LogP) is 2.12. The van der Waals surface area contributed by atoms with E-state index in [1.807, 2.05) is 36.9 Å². The van der Waals surface area contributed by atoms with Crippen LogP contribution in [-0.2, 0) is 4.79 Å². The van der Waals surface area contributed by atoms with E-state index in [1.165, 1.54) is 0 Å². The van der Waals surface area contributed by atoms with Crippen LogP contribution in [-0.4, -0.2) is 17.9 Å². The minimum Gasteiger partial charge on any atom is -0.358 e. The van der Waals surface area contributed by atoms with Crippen LogP contribution < -0.4 is 4.90 Å². The van der Waals surface area contributed by atoms with Crippen molar-refractivity contribution in [3.8, 4) is 6.07 Å². The van der Waals surface area contributed by atoms with Gasteiger partial charge in [-0.15, -0.1) is 0 Å². The predicted molar refractivity (Wildman–Crippen MR) is 62.2 cm³/mol. The fourth-order valence-electron chi connectivity index (χ4n) is 2.17. The van der Waals surface area contributed by atoms with Crippen LogP contribution >= 0.6 is 0 Å². The van der Waals surface area contributed by atoms with Crippen LogP contribution in [0, 0.1) is 11.3 Å². The summed E-state index contributed by atoms with van der Waals surface area (Å²) in [6.07, 6.45) is 0.562. The number of para-hydroxylation sites is 1. The van der Waals surface area contributed by atoms with Gasteiger partial charge < -0.3 is 4.90 Å². The lowest BCUT2D eigenvalue weighted by Crippen LogP contribution is -2.43. The van der Waals surface area contributed by atoms with Crippen molar-refractivity contribution < 1.29 is 4.79 Å². The van der Waals surface area contributed by atoms with E-state index in [9.17, 15) is 4.79 Å². The zero-order chi connectivity index (χ0) is 11.8. The Morgan fingerprint density at radius 3 is 2.62 bits per heavy atom. The standard InChI is InChI=1S/C13H14N2O/c1-13(2)12(16)7-8-15(13)11-6-4-3-5-10(11)9-14/h3-6H,7-8H2,1-2H3. The number of benzene rings is 1. The summed E-state index contributed by atoms with van der Waals surface area (Å²) in [6, 6.07) is 9.60. The maximum atomic E-state index is 11.8. The smallest absolute Gasteiger partial charge is 0.159 e. The van der Waals surface area contributed by atoms with E-state index in [0.717, 1.165) is 5.69 Å². The number of carbonyl (C=O) groups excluding carboxylic acids is 1. The average molecular weight is 214 g/mol. The molecular formula is C13H14N2O. The molecule has 0 bridgehead atoms. The Morgan fingerprint density at radius 1 is 1.38 bits per heavy atom. The summed E-state index contributed by atoms with van der Waals surface area (Å²) in [7, 11) is 0. The summed E-state index contributed by atoms with van der Waals surface area (Å²) in [5.41, 5.74) is 0.999. The van der Waals surface area contributed by atoms with Crippen LogP contribution in [0.25, 0.3) is 0 Å². The summed E-state index contributed by atoms with van der Waals surface area (Å²) in [5, 5.41) is 9.05. The second-order valence-electron chi connectivity index (χ2n) is 4.51. The molecule has 1 aliphatic heterocycles. The first-order valence-electron chi connectivity index (χ1n) is 5.37. The van der Waals surface area contributed by atoms with Gasteiger partial charge in [-0.1, -0.05) is 12.1 Å².